The van der Waals surface area contributed by atoms with Gasteiger partial charge in [-0.05, 0) is 35.9 Å². The van der Waals surface area contributed by atoms with E-state index in [9.17, 15) is 9.50 Å². The van der Waals surface area contributed by atoms with Crippen LogP contribution in [0.5, 0.6) is 0 Å². The van der Waals surface area contributed by atoms with E-state index in [1.165, 1.54) is 12.1 Å². The van der Waals surface area contributed by atoms with E-state index in [0.29, 0.717) is 17.7 Å². The number of rotatable bonds is 3. The summed E-state index contributed by atoms with van der Waals surface area (Å²) in [5, 5.41) is 10.1. The summed E-state index contributed by atoms with van der Waals surface area (Å²) in [6, 6.07) is 11.5. The molecule has 1 atom stereocenters. The average Bonchev–Trinajstić information content (AvgIpc) is 2.32. The summed E-state index contributed by atoms with van der Waals surface area (Å²) in [4.78, 5) is 0. The second kappa shape index (κ2) is 5.50. The third-order valence-electron chi connectivity index (χ3n) is 2.73. The van der Waals surface area contributed by atoms with E-state index >= 15 is 0 Å². The van der Waals surface area contributed by atoms with Crippen molar-refractivity contribution in [3.8, 4) is 0 Å². The van der Waals surface area contributed by atoms with Crippen molar-refractivity contribution in [3.63, 3.8) is 0 Å². The molecule has 3 N–H and O–H groups in total. The van der Waals surface area contributed by atoms with Crippen LogP contribution in [-0.2, 0) is 6.42 Å². The normalized spacial score (nSPS) is 12.4. The molecule has 94 valence electrons. The summed E-state index contributed by atoms with van der Waals surface area (Å²) in [5.74, 6) is -0.304. The highest BCUT2D eigenvalue weighted by Crippen LogP contribution is 2.27. The highest BCUT2D eigenvalue weighted by molar-refractivity contribution is 9.10. The SMILES string of the molecule is Nc1ccc(Br)cc1C(O)Cc1cccc(F)c1. The number of hydrogen-bond acceptors (Lipinski definition) is 2. The Hall–Kier alpha value is -1.39. The Morgan fingerprint density at radius 3 is 2.72 bits per heavy atom. The van der Waals surface area contributed by atoms with Crippen LogP contribution < -0.4 is 5.73 Å². The summed E-state index contributed by atoms with van der Waals surface area (Å²) in [5.41, 5.74) is 7.73. The van der Waals surface area contributed by atoms with E-state index in [0.717, 1.165) is 10.0 Å². The standard InChI is InChI=1S/C14H13BrFNO/c15-10-4-5-13(17)12(8-10)14(18)7-9-2-1-3-11(16)6-9/h1-6,8,14,18H,7,17H2. The molecule has 0 saturated carbocycles. The Bertz CT molecular complexity index is 559. The topological polar surface area (TPSA) is 46.2 Å². The van der Waals surface area contributed by atoms with Crippen LogP contribution in [-0.4, -0.2) is 5.11 Å². The van der Waals surface area contributed by atoms with E-state index in [2.05, 4.69) is 15.9 Å². The molecule has 2 rings (SSSR count). The van der Waals surface area contributed by atoms with Crippen molar-refractivity contribution in [1.82, 2.24) is 0 Å². The Labute approximate surface area is 113 Å². The summed E-state index contributed by atoms with van der Waals surface area (Å²) in [6.45, 7) is 0. The maximum atomic E-state index is 13.0. The van der Waals surface area contributed by atoms with E-state index in [4.69, 9.17) is 5.73 Å². The van der Waals surface area contributed by atoms with Gasteiger partial charge in [-0.25, -0.2) is 4.39 Å². The van der Waals surface area contributed by atoms with Gasteiger partial charge in [-0.3, -0.25) is 0 Å². The predicted octanol–water partition coefficient (Wildman–Crippen LogP) is 3.45. The lowest BCUT2D eigenvalue weighted by Gasteiger charge is -2.14. The van der Waals surface area contributed by atoms with E-state index in [-0.39, 0.29) is 5.82 Å². The first-order chi connectivity index (χ1) is 8.56. The molecule has 4 heteroatoms. The molecule has 2 aromatic rings. The van der Waals surface area contributed by atoms with Gasteiger partial charge in [0.25, 0.3) is 0 Å². The first-order valence-corrected chi connectivity index (χ1v) is 6.33. The van der Waals surface area contributed by atoms with Crippen LogP contribution in [0.25, 0.3) is 0 Å². The molecule has 2 aromatic carbocycles. The minimum Gasteiger partial charge on any atom is -0.398 e. The fourth-order valence-corrected chi connectivity index (χ4v) is 2.21. The van der Waals surface area contributed by atoms with Crippen LogP contribution in [0.4, 0.5) is 10.1 Å². The molecule has 0 spiro atoms. The fourth-order valence-electron chi connectivity index (χ4n) is 1.83. The van der Waals surface area contributed by atoms with E-state index in [1.54, 1.807) is 24.3 Å². The highest BCUT2D eigenvalue weighted by Gasteiger charge is 2.12. The third kappa shape index (κ3) is 3.09. The van der Waals surface area contributed by atoms with Crippen LogP contribution in [0.15, 0.2) is 46.9 Å². The molecule has 0 radical (unpaired) electrons. The lowest BCUT2D eigenvalue weighted by Crippen LogP contribution is -2.05. The van der Waals surface area contributed by atoms with Crippen molar-refractivity contribution in [2.45, 2.75) is 12.5 Å². The summed E-state index contributed by atoms with van der Waals surface area (Å²) in [6.07, 6.45) is -0.414. The molecule has 0 heterocycles. The van der Waals surface area contributed by atoms with Gasteiger partial charge in [0.15, 0.2) is 0 Å². The van der Waals surface area contributed by atoms with Gasteiger partial charge in [0, 0.05) is 22.1 Å². The Morgan fingerprint density at radius 2 is 2.00 bits per heavy atom. The number of anilines is 1. The van der Waals surface area contributed by atoms with Gasteiger partial charge in [-0.1, -0.05) is 28.1 Å². The second-order valence-corrected chi connectivity index (χ2v) is 5.04. The Kier molecular flexibility index (Phi) is 3.99. The van der Waals surface area contributed by atoms with E-state index < -0.39 is 6.10 Å². The molecule has 0 aliphatic carbocycles. The van der Waals surface area contributed by atoms with Crippen LogP contribution in [0.1, 0.15) is 17.2 Å². The monoisotopic (exact) mass is 309 g/mol. The van der Waals surface area contributed by atoms with Crippen molar-refractivity contribution < 1.29 is 9.50 Å². The lowest BCUT2D eigenvalue weighted by molar-refractivity contribution is 0.179. The molecule has 2 nitrogen and oxygen atoms in total. The lowest BCUT2D eigenvalue weighted by atomic mass is 10.00. The Morgan fingerprint density at radius 1 is 1.22 bits per heavy atom. The number of nitrogen functional groups attached to an aromatic ring is 1. The van der Waals surface area contributed by atoms with Crippen molar-refractivity contribution in [1.29, 1.82) is 0 Å². The molecule has 0 aliphatic heterocycles. The molecule has 0 bridgehead atoms. The van der Waals surface area contributed by atoms with Crippen LogP contribution in [0.2, 0.25) is 0 Å². The zero-order chi connectivity index (χ0) is 13.1. The van der Waals surface area contributed by atoms with Gasteiger partial charge in [0.2, 0.25) is 0 Å². The maximum absolute atomic E-state index is 13.0. The second-order valence-electron chi connectivity index (χ2n) is 4.12. The molecule has 18 heavy (non-hydrogen) atoms. The average molecular weight is 310 g/mol. The van der Waals surface area contributed by atoms with Crippen LogP contribution >= 0.6 is 15.9 Å². The van der Waals surface area contributed by atoms with Crippen molar-refractivity contribution in [3.05, 3.63) is 63.9 Å². The van der Waals surface area contributed by atoms with Gasteiger partial charge in [0.1, 0.15) is 5.82 Å². The minimum atomic E-state index is -0.746. The molecular formula is C14H13BrFNO. The van der Waals surface area contributed by atoms with Crippen molar-refractivity contribution in [2.24, 2.45) is 0 Å². The smallest absolute Gasteiger partial charge is 0.123 e. The number of halogens is 2. The number of nitrogens with two attached hydrogens (primary N) is 1. The van der Waals surface area contributed by atoms with Gasteiger partial charge < -0.3 is 10.8 Å². The molecule has 0 aliphatic rings. The highest BCUT2D eigenvalue weighted by atomic mass is 79.9. The maximum Gasteiger partial charge on any atom is 0.123 e. The molecule has 0 fully saturated rings. The first kappa shape index (κ1) is 13.1. The fraction of sp³-hybridized carbons (Fsp3) is 0.143. The van der Waals surface area contributed by atoms with Gasteiger partial charge in [0.05, 0.1) is 6.10 Å². The zero-order valence-corrected chi connectivity index (χ0v) is 11.2. The number of aliphatic hydroxyl groups is 1. The zero-order valence-electron chi connectivity index (χ0n) is 9.61. The molecule has 0 aromatic heterocycles. The molecular weight excluding hydrogens is 297 g/mol. The molecule has 0 amide bonds. The third-order valence-corrected chi connectivity index (χ3v) is 3.22. The molecule has 1 unspecified atom stereocenters. The summed E-state index contributed by atoms with van der Waals surface area (Å²) >= 11 is 3.33. The largest absolute Gasteiger partial charge is 0.398 e. The van der Waals surface area contributed by atoms with E-state index in [1.807, 2.05) is 6.07 Å². The number of hydrogen-bond donors (Lipinski definition) is 2. The van der Waals surface area contributed by atoms with Crippen LogP contribution in [0.3, 0.4) is 0 Å². The van der Waals surface area contributed by atoms with Gasteiger partial charge in [-0.15, -0.1) is 0 Å². The van der Waals surface area contributed by atoms with Crippen LogP contribution in [0, 0.1) is 5.82 Å². The van der Waals surface area contributed by atoms with Gasteiger partial charge in [-0.2, -0.15) is 0 Å². The predicted molar refractivity (Wildman–Crippen MR) is 73.6 cm³/mol. The van der Waals surface area contributed by atoms with Crippen molar-refractivity contribution in [2.75, 3.05) is 5.73 Å². The van der Waals surface area contributed by atoms with Gasteiger partial charge >= 0.3 is 0 Å². The number of benzene rings is 2. The number of aliphatic hydroxyl groups excluding tert-OH is 1. The quantitative estimate of drug-likeness (QED) is 0.853. The minimum absolute atomic E-state index is 0.304. The first-order valence-electron chi connectivity index (χ1n) is 5.53. The summed E-state index contributed by atoms with van der Waals surface area (Å²) in [7, 11) is 0. The Balaban J connectivity index is 2.21. The van der Waals surface area contributed by atoms with Crippen molar-refractivity contribution >= 4 is 21.6 Å². The molecule has 0 saturated heterocycles. The summed E-state index contributed by atoms with van der Waals surface area (Å²) < 4.78 is 13.9.